The summed E-state index contributed by atoms with van der Waals surface area (Å²) in [5.74, 6) is 0. The molecule has 0 aromatic heterocycles. The number of rotatable bonds is 3. The van der Waals surface area contributed by atoms with Crippen LogP contribution in [0.2, 0.25) is 0 Å². The Balaban J connectivity index is 1.90. The Morgan fingerprint density at radius 2 is 1.89 bits per heavy atom. The summed E-state index contributed by atoms with van der Waals surface area (Å²) in [6.07, 6.45) is 3.91. The predicted octanol–water partition coefficient (Wildman–Crippen LogP) is 3.01. The van der Waals surface area contributed by atoms with Gasteiger partial charge in [0.2, 0.25) is 0 Å². The molecule has 1 aliphatic carbocycles. The van der Waals surface area contributed by atoms with Gasteiger partial charge in [0.05, 0.1) is 5.60 Å². The molecule has 3 heteroatoms. The van der Waals surface area contributed by atoms with E-state index in [0.29, 0.717) is 12.0 Å². The lowest BCUT2D eigenvalue weighted by molar-refractivity contribution is -0.0145. The first-order chi connectivity index (χ1) is 8.39. The lowest BCUT2D eigenvalue weighted by atomic mass is 9.71. The van der Waals surface area contributed by atoms with Gasteiger partial charge in [-0.25, -0.2) is 0 Å². The number of benzene rings is 1. The van der Waals surface area contributed by atoms with Gasteiger partial charge in [0, 0.05) is 17.9 Å². The van der Waals surface area contributed by atoms with Crippen LogP contribution in [0.5, 0.6) is 0 Å². The normalized spacial score (nSPS) is 21.5. The van der Waals surface area contributed by atoms with Crippen LogP contribution in [-0.2, 0) is 0 Å². The minimum atomic E-state index is -0.569. The zero-order valence-corrected chi connectivity index (χ0v) is 11.4. The van der Waals surface area contributed by atoms with Gasteiger partial charge >= 0.3 is 0 Å². The van der Waals surface area contributed by atoms with E-state index in [2.05, 4.69) is 19.2 Å². The molecular formula is C15H24N2O. The first kappa shape index (κ1) is 13.2. The van der Waals surface area contributed by atoms with Crippen LogP contribution in [0, 0.1) is 5.41 Å². The first-order valence-corrected chi connectivity index (χ1v) is 6.70. The fourth-order valence-corrected chi connectivity index (χ4v) is 2.48. The molecule has 0 amide bonds. The molecule has 4 N–H and O–H groups in total. The van der Waals surface area contributed by atoms with E-state index < -0.39 is 5.60 Å². The second-order valence-electron chi connectivity index (χ2n) is 6.37. The minimum Gasteiger partial charge on any atom is -0.399 e. The van der Waals surface area contributed by atoms with Crippen molar-refractivity contribution in [2.75, 3.05) is 17.6 Å². The highest BCUT2D eigenvalue weighted by Crippen LogP contribution is 2.40. The smallest absolute Gasteiger partial charge is 0.0819 e. The second kappa shape index (κ2) is 4.81. The number of hydrogen-bond donors (Lipinski definition) is 3. The first-order valence-electron chi connectivity index (χ1n) is 6.70. The number of hydrogen-bond acceptors (Lipinski definition) is 3. The molecule has 0 spiro atoms. The molecule has 100 valence electrons. The van der Waals surface area contributed by atoms with Gasteiger partial charge in [0.15, 0.2) is 0 Å². The minimum absolute atomic E-state index is 0.378. The molecule has 0 atom stereocenters. The number of nitrogens with two attached hydrogens (primary N) is 1. The lowest BCUT2D eigenvalue weighted by Crippen LogP contribution is -2.42. The molecule has 2 rings (SSSR count). The third-order valence-corrected chi connectivity index (χ3v) is 4.04. The maximum absolute atomic E-state index is 10.5. The molecule has 1 aromatic rings. The molecule has 0 aliphatic heterocycles. The summed E-state index contributed by atoms with van der Waals surface area (Å²) in [7, 11) is 0. The van der Waals surface area contributed by atoms with Crippen LogP contribution in [0.1, 0.15) is 39.5 Å². The summed E-state index contributed by atoms with van der Waals surface area (Å²) >= 11 is 0. The molecule has 1 saturated carbocycles. The number of nitrogen functional groups attached to an aromatic ring is 1. The largest absolute Gasteiger partial charge is 0.399 e. The third kappa shape index (κ3) is 3.39. The third-order valence-electron chi connectivity index (χ3n) is 4.04. The average molecular weight is 248 g/mol. The number of nitrogens with one attached hydrogen (secondary N) is 1. The lowest BCUT2D eigenvalue weighted by Gasteiger charge is -2.40. The van der Waals surface area contributed by atoms with E-state index in [0.717, 1.165) is 37.1 Å². The van der Waals surface area contributed by atoms with Crippen molar-refractivity contribution in [2.45, 2.75) is 45.1 Å². The van der Waals surface area contributed by atoms with E-state index in [4.69, 9.17) is 5.73 Å². The zero-order chi connectivity index (χ0) is 13.2. The number of anilines is 2. The monoisotopic (exact) mass is 248 g/mol. The van der Waals surface area contributed by atoms with Crippen molar-refractivity contribution in [3.05, 3.63) is 24.3 Å². The number of aliphatic hydroxyl groups is 1. The summed E-state index contributed by atoms with van der Waals surface area (Å²) in [6.45, 7) is 5.16. The van der Waals surface area contributed by atoms with Crippen molar-refractivity contribution >= 4 is 11.4 Å². The van der Waals surface area contributed by atoms with Gasteiger partial charge in [0.1, 0.15) is 0 Å². The van der Waals surface area contributed by atoms with Crippen LogP contribution in [0.3, 0.4) is 0 Å². The molecule has 1 aromatic carbocycles. The SMILES string of the molecule is CC1(C)CCC(O)(CNc2cccc(N)c2)CC1. The van der Waals surface area contributed by atoms with Gasteiger partial charge in [-0.15, -0.1) is 0 Å². The second-order valence-corrected chi connectivity index (χ2v) is 6.37. The molecule has 3 nitrogen and oxygen atoms in total. The van der Waals surface area contributed by atoms with Crippen LogP contribution in [0.15, 0.2) is 24.3 Å². The fourth-order valence-electron chi connectivity index (χ4n) is 2.48. The van der Waals surface area contributed by atoms with E-state index >= 15 is 0 Å². The molecule has 0 bridgehead atoms. The van der Waals surface area contributed by atoms with E-state index in [1.54, 1.807) is 0 Å². The van der Waals surface area contributed by atoms with Crippen molar-refractivity contribution in [1.29, 1.82) is 0 Å². The molecule has 0 heterocycles. The van der Waals surface area contributed by atoms with Crippen LogP contribution in [0.4, 0.5) is 11.4 Å². The quantitative estimate of drug-likeness (QED) is 0.721. The molecule has 1 aliphatic rings. The molecule has 0 radical (unpaired) electrons. The maximum Gasteiger partial charge on any atom is 0.0819 e. The Morgan fingerprint density at radius 3 is 2.50 bits per heavy atom. The highest BCUT2D eigenvalue weighted by Gasteiger charge is 2.36. The Labute approximate surface area is 109 Å². The highest BCUT2D eigenvalue weighted by molar-refractivity contribution is 5.54. The van der Waals surface area contributed by atoms with Crippen LogP contribution >= 0.6 is 0 Å². The summed E-state index contributed by atoms with van der Waals surface area (Å²) < 4.78 is 0. The summed E-state index contributed by atoms with van der Waals surface area (Å²) in [4.78, 5) is 0. The summed E-state index contributed by atoms with van der Waals surface area (Å²) in [5.41, 5.74) is 7.27. The van der Waals surface area contributed by atoms with E-state index in [9.17, 15) is 5.11 Å². The predicted molar refractivity (Wildman–Crippen MR) is 76.5 cm³/mol. The van der Waals surface area contributed by atoms with Crippen molar-refractivity contribution in [3.63, 3.8) is 0 Å². The van der Waals surface area contributed by atoms with E-state index in [-0.39, 0.29) is 0 Å². The topological polar surface area (TPSA) is 58.3 Å². The van der Waals surface area contributed by atoms with Crippen molar-refractivity contribution in [1.82, 2.24) is 0 Å². The van der Waals surface area contributed by atoms with Gasteiger partial charge in [0.25, 0.3) is 0 Å². The van der Waals surface area contributed by atoms with Gasteiger partial charge < -0.3 is 16.2 Å². The fraction of sp³-hybridized carbons (Fsp3) is 0.600. The van der Waals surface area contributed by atoms with Gasteiger partial charge in [-0.3, -0.25) is 0 Å². The van der Waals surface area contributed by atoms with Crippen molar-refractivity contribution in [2.24, 2.45) is 5.41 Å². The van der Waals surface area contributed by atoms with Crippen molar-refractivity contribution in [3.8, 4) is 0 Å². The summed E-state index contributed by atoms with van der Waals surface area (Å²) in [6, 6.07) is 7.66. The Hall–Kier alpha value is -1.22. The van der Waals surface area contributed by atoms with Gasteiger partial charge in [-0.2, -0.15) is 0 Å². The Bertz CT molecular complexity index is 405. The van der Waals surface area contributed by atoms with Crippen molar-refractivity contribution < 1.29 is 5.11 Å². The van der Waals surface area contributed by atoms with Gasteiger partial charge in [-0.05, 0) is 49.3 Å². The molecule has 1 fully saturated rings. The van der Waals surface area contributed by atoms with Gasteiger partial charge in [-0.1, -0.05) is 19.9 Å². The van der Waals surface area contributed by atoms with Crippen LogP contribution in [-0.4, -0.2) is 17.3 Å². The average Bonchev–Trinajstić information content (AvgIpc) is 2.32. The summed E-state index contributed by atoms with van der Waals surface area (Å²) in [5, 5.41) is 13.8. The van der Waals surface area contributed by atoms with Crippen LogP contribution in [0.25, 0.3) is 0 Å². The Morgan fingerprint density at radius 1 is 1.22 bits per heavy atom. The standard InChI is InChI=1S/C15H24N2O/c1-14(2)6-8-15(18,9-7-14)11-17-13-5-3-4-12(16)10-13/h3-5,10,17-18H,6-9,11,16H2,1-2H3. The highest BCUT2D eigenvalue weighted by atomic mass is 16.3. The molecule has 0 unspecified atom stereocenters. The van der Waals surface area contributed by atoms with E-state index in [1.807, 2.05) is 24.3 Å². The molecular weight excluding hydrogens is 224 g/mol. The van der Waals surface area contributed by atoms with E-state index in [1.165, 1.54) is 0 Å². The molecule has 0 saturated heterocycles. The van der Waals surface area contributed by atoms with Crippen LogP contribution < -0.4 is 11.1 Å². The maximum atomic E-state index is 10.5. The zero-order valence-electron chi connectivity index (χ0n) is 11.4. The molecule has 18 heavy (non-hydrogen) atoms. The Kier molecular flexibility index (Phi) is 3.53.